The van der Waals surface area contributed by atoms with E-state index in [4.69, 9.17) is 4.74 Å². The fourth-order valence-corrected chi connectivity index (χ4v) is 2.60. The van der Waals surface area contributed by atoms with Gasteiger partial charge in [-0.05, 0) is 38.5 Å². The van der Waals surface area contributed by atoms with Gasteiger partial charge in [0.25, 0.3) is 0 Å². The summed E-state index contributed by atoms with van der Waals surface area (Å²) in [6.45, 7) is 4.52. The Balaban J connectivity index is 2.22. The second kappa shape index (κ2) is 8.25. The Kier molecular flexibility index (Phi) is 6.99. The molecule has 0 saturated heterocycles. The highest BCUT2D eigenvalue weighted by Gasteiger charge is 2.32. The predicted molar refractivity (Wildman–Crippen MR) is 76.1 cm³/mol. The van der Waals surface area contributed by atoms with Gasteiger partial charge in [-0.3, -0.25) is 9.59 Å². The van der Waals surface area contributed by atoms with Gasteiger partial charge in [-0.15, -0.1) is 0 Å². The molecule has 1 aliphatic carbocycles. The maximum absolute atomic E-state index is 11.6. The molecule has 5 heteroatoms. The zero-order valence-corrected chi connectivity index (χ0v) is 12.6. The number of hydrogen-bond acceptors (Lipinski definition) is 4. The van der Waals surface area contributed by atoms with Crippen molar-refractivity contribution < 1.29 is 19.4 Å². The van der Waals surface area contributed by atoms with E-state index < -0.39 is 5.60 Å². The third kappa shape index (κ3) is 5.90. The topological polar surface area (TPSA) is 75.6 Å². The van der Waals surface area contributed by atoms with E-state index in [1.807, 2.05) is 0 Å². The van der Waals surface area contributed by atoms with Gasteiger partial charge in [-0.2, -0.15) is 0 Å². The molecule has 5 nitrogen and oxygen atoms in total. The average molecular weight is 285 g/mol. The molecule has 1 fully saturated rings. The first kappa shape index (κ1) is 17.0. The monoisotopic (exact) mass is 285 g/mol. The van der Waals surface area contributed by atoms with Gasteiger partial charge in [0.2, 0.25) is 5.91 Å². The summed E-state index contributed by atoms with van der Waals surface area (Å²) in [6.07, 6.45) is 4.88. The summed E-state index contributed by atoms with van der Waals surface area (Å²) in [5.41, 5.74) is -0.773. The lowest BCUT2D eigenvalue weighted by molar-refractivity contribution is -0.144. The number of carbonyl (C=O) groups is 2. The molecular weight excluding hydrogens is 258 g/mol. The molecule has 0 aliphatic heterocycles. The highest BCUT2D eigenvalue weighted by Crippen LogP contribution is 2.33. The van der Waals surface area contributed by atoms with Gasteiger partial charge in [0, 0.05) is 13.0 Å². The van der Waals surface area contributed by atoms with Gasteiger partial charge in [-0.25, -0.2) is 0 Å². The van der Waals surface area contributed by atoms with Crippen molar-refractivity contribution in [3.05, 3.63) is 0 Å². The van der Waals surface area contributed by atoms with Crippen molar-refractivity contribution >= 4 is 11.9 Å². The Morgan fingerprint density at radius 1 is 1.25 bits per heavy atom. The number of hydrogen-bond donors (Lipinski definition) is 2. The van der Waals surface area contributed by atoms with Crippen molar-refractivity contribution in [1.82, 2.24) is 5.32 Å². The van der Waals surface area contributed by atoms with Crippen LogP contribution in [-0.2, 0) is 14.3 Å². The molecular formula is C15H27NO4. The van der Waals surface area contributed by atoms with Crippen molar-refractivity contribution in [2.24, 2.45) is 5.92 Å². The molecule has 1 saturated carbocycles. The van der Waals surface area contributed by atoms with Crippen LogP contribution in [0.5, 0.6) is 0 Å². The van der Waals surface area contributed by atoms with E-state index in [1.165, 1.54) is 0 Å². The normalized spacial score (nSPS) is 26.1. The molecule has 0 aromatic heterocycles. The molecule has 0 aromatic rings. The van der Waals surface area contributed by atoms with Gasteiger partial charge in [-0.1, -0.05) is 13.3 Å². The van der Waals surface area contributed by atoms with Crippen LogP contribution in [0.3, 0.4) is 0 Å². The first-order chi connectivity index (χ1) is 9.49. The first-order valence-electron chi connectivity index (χ1n) is 7.63. The molecule has 1 aliphatic rings. The van der Waals surface area contributed by atoms with Crippen LogP contribution in [0.4, 0.5) is 0 Å². The SMILES string of the molecule is CCOC(=O)CCC(=O)NCC1(O)CCC(CC)CC1. The summed E-state index contributed by atoms with van der Waals surface area (Å²) >= 11 is 0. The van der Waals surface area contributed by atoms with Crippen molar-refractivity contribution in [2.75, 3.05) is 13.2 Å². The molecule has 0 heterocycles. The van der Waals surface area contributed by atoms with E-state index in [0.29, 0.717) is 12.5 Å². The number of ether oxygens (including phenoxy) is 1. The Hall–Kier alpha value is -1.10. The van der Waals surface area contributed by atoms with Crippen molar-refractivity contribution in [2.45, 2.75) is 64.4 Å². The summed E-state index contributed by atoms with van der Waals surface area (Å²) < 4.78 is 4.76. The highest BCUT2D eigenvalue weighted by atomic mass is 16.5. The minimum Gasteiger partial charge on any atom is -0.466 e. The minimum absolute atomic E-state index is 0.0933. The Morgan fingerprint density at radius 3 is 2.45 bits per heavy atom. The second-order valence-electron chi connectivity index (χ2n) is 5.66. The van der Waals surface area contributed by atoms with E-state index >= 15 is 0 Å². The van der Waals surface area contributed by atoms with Crippen LogP contribution in [-0.4, -0.2) is 35.7 Å². The van der Waals surface area contributed by atoms with Crippen LogP contribution < -0.4 is 5.32 Å². The first-order valence-corrected chi connectivity index (χ1v) is 7.63. The molecule has 0 bridgehead atoms. The van der Waals surface area contributed by atoms with E-state index in [2.05, 4.69) is 12.2 Å². The molecule has 116 valence electrons. The standard InChI is InChI=1S/C15H27NO4/c1-3-12-7-9-15(19,10-8-12)11-16-13(17)5-6-14(18)20-4-2/h12,19H,3-11H2,1-2H3,(H,16,17). The largest absolute Gasteiger partial charge is 0.466 e. The Labute approximate surface area is 121 Å². The van der Waals surface area contributed by atoms with Crippen LogP contribution in [0, 0.1) is 5.92 Å². The average Bonchev–Trinajstić information content (AvgIpc) is 2.44. The van der Waals surface area contributed by atoms with E-state index in [9.17, 15) is 14.7 Å². The van der Waals surface area contributed by atoms with E-state index in [1.54, 1.807) is 6.92 Å². The van der Waals surface area contributed by atoms with Gasteiger partial charge in [0.05, 0.1) is 18.6 Å². The van der Waals surface area contributed by atoms with Crippen LogP contribution in [0.2, 0.25) is 0 Å². The zero-order chi connectivity index (χ0) is 15.0. The summed E-state index contributed by atoms with van der Waals surface area (Å²) in [5.74, 6) is 0.142. The Bertz CT molecular complexity index is 322. The molecule has 0 radical (unpaired) electrons. The lowest BCUT2D eigenvalue weighted by Crippen LogP contribution is -2.45. The molecule has 1 amide bonds. The third-order valence-electron chi connectivity index (χ3n) is 4.09. The van der Waals surface area contributed by atoms with E-state index in [-0.39, 0.29) is 31.3 Å². The van der Waals surface area contributed by atoms with Crippen LogP contribution in [0.15, 0.2) is 0 Å². The number of amides is 1. The molecule has 0 unspecified atom stereocenters. The lowest BCUT2D eigenvalue weighted by Gasteiger charge is -2.35. The van der Waals surface area contributed by atoms with Crippen molar-refractivity contribution in [3.8, 4) is 0 Å². The smallest absolute Gasteiger partial charge is 0.306 e. The molecule has 0 spiro atoms. The summed E-state index contributed by atoms with van der Waals surface area (Å²) in [4.78, 5) is 22.8. The molecule has 0 atom stereocenters. The van der Waals surface area contributed by atoms with Crippen molar-refractivity contribution in [3.63, 3.8) is 0 Å². The third-order valence-corrected chi connectivity index (χ3v) is 4.09. The number of esters is 1. The van der Waals surface area contributed by atoms with Gasteiger partial charge in [0.1, 0.15) is 0 Å². The molecule has 1 rings (SSSR count). The maximum atomic E-state index is 11.6. The Morgan fingerprint density at radius 2 is 1.90 bits per heavy atom. The summed E-state index contributed by atoms with van der Waals surface area (Å²) in [5, 5.41) is 13.1. The number of nitrogens with one attached hydrogen (secondary N) is 1. The molecule has 0 aromatic carbocycles. The van der Waals surface area contributed by atoms with Gasteiger partial charge < -0.3 is 15.2 Å². The fourth-order valence-electron chi connectivity index (χ4n) is 2.60. The van der Waals surface area contributed by atoms with Crippen molar-refractivity contribution in [1.29, 1.82) is 0 Å². The quantitative estimate of drug-likeness (QED) is 0.699. The van der Waals surface area contributed by atoms with Gasteiger partial charge in [0.15, 0.2) is 0 Å². The zero-order valence-electron chi connectivity index (χ0n) is 12.6. The summed E-state index contributed by atoms with van der Waals surface area (Å²) in [7, 11) is 0. The van der Waals surface area contributed by atoms with Crippen LogP contribution in [0.25, 0.3) is 0 Å². The highest BCUT2D eigenvalue weighted by molar-refractivity contribution is 5.81. The fraction of sp³-hybridized carbons (Fsp3) is 0.867. The minimum atomic E-state index is -0.773. The second-order valence-corrected chi connectivity index (χ2v) is 5.66. The maximum Gasteiger partial charge on any atom is 0.306 e. The number of rotatable bonds is 7. The summed E-state index contributed by atoms with van der Waals surface area (Å²) in [6, 6.07) is 0. The van der Waals surface area contributed by atoms with Crippen LogP contribution in [0.1, 0.15) is 58.8 Å². The van der Waals surface area contributed by atoms with E-state index in [0.717, 1.165) is 32.1 Å². The molecule has 2 N–H and O–H groups in total. The van der Waals surface area contributed by atoms with Crippen LogP contribution >= 0.6 is 0 Å². The van der Waals surface area contributed by atoms with Gasteiger partial charge >= 0.3 is 5.97 Å². The number of carbonyl (C=O) groups excluding carboxylic acids is 2. The predicted octanol–water partition coefficient (Wildman–Crippen LogP) is 1.78. The molecule has 20 heavy (non-hydrogen) atoms. The lowest BCUT2D eigenvalue weighted by atomic mass is 9.78. The number of aliphatic hydroxyl groups is 1.